The second-order valence-electron chi connectivity index (χ2n) is 4.35. The van der Waals surface area contributed by atoms with Gasteiger partial charge in [0.25, 0.3) is 0 Å². The molecule has 1 aliphatic rings. The maximum Gasteiger partial charge on any atom is 0.143 e. The minimum atomic E-state index is -0.297. The molecular weight excluding hydrogens is 240 g/mol. The summed E-state index contributed by atoms with van der Waals surface area (Å²) in [6.45, 7) is 4.03. The third-order valence-corrected chi connectivity index (χ3v) is 3.55. The first-order valence-electron chi connectivity index (χ1n) is 4.84. The monoisotopic (exact) mass is 252 g/mol. The highest BCUT2D eigenvalue weighted by atomic mass is 79.9. The van der Waals surface area contributed by atoms with Crippen molar-refractivity contribution in [2.24, 2.45) is 0 Å². The largest absolute Gasteiger partial charge is 0.299 e. The van der Waals surface area contributed by atoms with Crippen molar-refractivity contribution in [1.29, 1.82) is 0 Å². The predicted molar refractivity (Wildman–Crippen MR) is 60.5 cm³/mol. The summed E-state index contributed by atoms with van der Waals surface area (Å²) in [6, 6.07) is 6.21. The first kappa shape index (κ1) is 9.91. The molecule has 1 aliphatic carbocycles. The molecule has 2 heteroatoms. The molecule has 0 heterocycles. The zero-order valence-electron chi connectivity index (χ0n) is 8.43. The van der Waals surface area contributed by atoms with Gasteiger partial charge in [0.05, 0.1) is 0 Å². The fourth-order valence-corrected chi connectivity index (χ4v) is 2.50. The summed E-state index contributed by atoms with van der Waals surface area (Å²) in [5.41, 5.74) is 2.20. The van der Waals surface area contributed by atoms with E-state index < -0.39 is 0 Å². The second-order valence-corrected chi connectivity index (χ2v) is 5.27. The highest BCUT2D eigenvalue weighted by Gasteiger charge is 2.34. The number of carbonyl (C=O) groups excluding carboxylic acids is 1. The van der Waals surface area contributed by atoms with E-state index in [9.17, 15) is 4.79 Å². The molecule has 0 unspecified atom stereocenters. The molecule has 0 saturated heterocycles. The molecule has 0 bridgehead atoms. The van der Waals surface area contributed by atoms with Crippen LogP contribution in [0.2, 0.25) is 0 Å². The van der Waals surface area contributed by atoms with E-state index in [1.54, 1.807) is 0 Å². The molecule has 0 N–H and O–H groups in total. The van der Waals surface area contributed by atoms with E-state index >= 15 is 0 Å². The van der Waals surface area contributed by atoms with E-state index in [2.05, 4.69) is 28.1 Å². The standard InChI is InChI=1S/C12H13BrO/c1-12(2)10-5-4-9(13)7-8(10)3-6-11(12)14/h4-5,7H,3,6H2,1-2H3. The number of ketones is 1. The Morgan fingerprint density at radius 1 is 1.29 bits per heavy atom. The Hall–Kier alpha value is -0.630. The molecule has 0 atom stereocenters. The summed E-state index contributed by atoms with van der Waals surface area (Å²) in [5.74, 6) is 0.354. The summed E-state index contributed by atoms with van der Waals surface area (Å²) in [6.07, 6.45) is 1.56. The lowest BCUT2D eigenvalue weighted by Crippen LogP contribution is -2.34. The van der Waals surface area contributed by atoms with Crippen molar-refractivity contribution in [2.45, 2.75) is 32.1 Å². The van der Waals surface area contributed by atoms with Gasteiger partial charge < -0.3 is 0 Å². The van der Waals surface area contributed by atoms with Crippen molar-refractivity contribution in [3.05, 3.63) is 33.8 Å². The first-order valence-corrected chi connectivity index (χ1v) is 5.63. The van der Waals surface area contributed by atoms with Crippen molar-refractivity contribution in [3.8, 4) is 0 Å². The maximum atomic E-state index is 11.8. The van der Waals surface area contributed by atoms with Crippen LogP contribution in [-0.2, 0) is 16.6 Å². The fraction of sp³-hybridized carbons (Fsp3) is 0.417. The lowest BCUT2D eigenvalue weighted by Gasteiger charge is -2.31. The van der Waals surface area contributed by atoms with Gasteiger partial charge in [-0.1, -0.05) is 22.0 Å². The van der Waals surface area contributed by atoms with Crippen molar-refractivity contribution in [3.63, 3.8) is 0 Å². The van der Waals surface area contributed by atoms with E-state index in [0.29, 0.717) is 12.2 Å². The van der Waals surface area contributed by atoms with Crippen molar-refractivity contribution in [1.82, 2.24) is 0 Å². The van der Waals surface area contributed by atoms with Gasteiger partial charge >= 0.3 is 0 Å². The van der Waals surface area contributed by atoms with Crippen molar-refractivity contribution in [2.75, 3.05) is 0 Å². The zero-order chi connectivity index (χ0) is 10.3. The molecule has 0 saturated carbocycles. The van der Waals surface area contributed by atoms with Gasteiger partial charge in [-0.25, -0.2) is 0 Å². The van der Waals surface area contributed by atoms with Gasteiger partial charge in [0.1, 0.15) is 5.78 Å². The van der Waals surface area contributed by atoms with Crippen LogP contribution >= 0.6 is 15.9 Å². The predicted octanol–water partition coefficient (Wildman–Crippen LogP) is 3.24. The van der Waals surface area contributed by atoms with Gasteiger partial charge in [-0.3, -0.25) is 4.79 Å². The number of rotatable bonds is 0. The van der Waals surface area contributed by atoms with E-state index in [1.165, 1.54) is 11.1 Å². The van der Waals surface area contributed by atoms with Crippen molar-refractivity contribution < 1.29 is 4.79 Å². The Morgan fingerprint density at radius 2 is 2.00 bits per heavy atom. The van der Waals surface area contributed by atoms with Crippen LogP contribution in [0.25, 0.3) is 0 Å². The summed E-state index contributed by atoms with van der Waals surface area (Å²) in [4.78, 5) is 11.8. The van der Waals surface area contributed by atoms with Crippen LogP contribution < -0.4 is 0 Å². The third kappa shape index (κ3) is 1.42. The van der Waals surface area contributed by atoms with Gasteiger partial charge in [-0.2, -0.15) is 0 Å². The molecule has 0 spiro atoms. The molecule has 0 fully saturated rings. The first-order chi connectivity index (χ1) is 6.51. The molecule has 2 rings (SSSR count). The van der Waals surface area contributed by atoms with E-state index in [-0.39, 0.29) is 5.41 Å². The van der Waals surface area contributed by atoms with Crippen molar-refractivity contribution >= 4 is 21.7 Å². The van der Waals surface area contributed by atoms with E-state index in [4.69, 9.17) is 0 Å². The SMILES string of the molecule is CC1(C)C(=O)CCc2cc(Br)ccc21. The Balaban J connectivity index is 2.59. The van der Waals surface area contributed by atoms with Crippen LogP contribution in [0.3, 0.4) is 0 Å². The quantitative estimate of drug-likeness (QED) is 0.693. The molecule has 1 aromatic rings. The minimum absolute atomic E-state index is 0.297. The second kappa shape index (κ2) is 3.20. The maximum absolute atomic E-state index is 11.8. The number of Topliss-reactive ketones (excluding diaryl/α,β-unsaturated/α-hetero) is 1. The molecule has 74 valence electrons. The van der Waals surface area contributed by atoms with Crippen LogP contribution in [0.15, 0.2) is 22.7 Å². The van der Waals surface area contributed by atoms with Crippen LogP contribution in [0.5, 0.6) is 0 Å². The molecule has 1 nitrogen and oxygen atoms in total. The molecule has 0 aromatic heterocycles. The lowest BCUT2D eigenvalue weighted by atomic mass is 9.72. The average Bonchev–Trinajstić information content (AvgIpc) is 2.12. The van der Waals surface area contributed by atoms with Crippen LogP contribution in [0.1, 0.15) is 31.4 Å². The fourth-order valence-electron chi connectivity index (χ4n) is 2.09. The third-order valence-electron chi connectivity index (χ3n) is 3.06. The van der Waals surface area contributed by atoms with Gasteiger partial charge in [-0.05, 0) is 43.5 Å². The van der Waals surface area contributed by atoms with Gasteiger partial charge in [-0.15, -0.1) is 0 Å². The van der Waals surface area contributed by atoms with Crippen LogP contribution in [0.4, 0.5) is 0 Å². The van der Waals surface area contributed by atoms with Crippen LogP contribution in [-0.4, -0.2) is 5.78 Å². The van der Waals surface area contributed by atoms with E-state index in [1.807, 2.05) is 19.9 Å². The summed E-state index contributed by atoms with van der Waals surface area (Å²) in [7, 11) is 0. The summed E-state index contributed by atoms with van der Waals surface area (Å²) >= 11 is 3.46. The number of halogens is 1. The van der Waals surface area contributed by atoms with Gasteiger partial charge in [0.15, 0.2) is 0 Å². The highest BCUT2D eigenvalue weighted by Crippen LogP contribution is 2.35. The van der Waals surface area contributed by atoms with Gasteiger partial charge in [0, 0.05) is 16.3 Å². The number of hydrogen-bond donors (Lipinski definition) is 0. The number of carbonyl (C=O) groups is 1. The number of fused-ring (bicyclic) bond motifs is 1. The topological polar surface area (TPSA) is 17.1 Å². The molecule has 0 aliphatic heterocycles. The molecule has 0 amide bonds. The lowest BCUT2D eigenvalue weighted by molar-refractivity contribution is -0.124. The molecule has 1 aromatic carbocycles. The normalized spacial score (nSPS) is 19.2. The Kier molecular flexibility index (Phi) is 2.26. The Morgan fingerprint density at radius 3 is 2.71 bits per heavy atom. The zero-order valence-corrected chi connectivity index (χ0v) is 10.0. The minimum Gasteiger partial charge on any atom is -0.299 e. The number of hydrogen-bond acceptors (Lipinski definition) is 1. The number of benzene rings is 1. The van der Waals surface area contributed by atoms with E-state index in [0.717, 1.165) is 10.9 Å². The molecular formula is C12H13BrO. The van der Waals surface area contributed by atoms with Gasteiger partial charge in [0.2, 0.25) is 0 Å². The summed E-state index contributed by atoms with van der Waals surface area (Å²) < 4.78 is 1.10. The Bertz CT molecular complexity index is 393. The highest BCUT2D eigenvalue weighted by molar-refractivity contribution is 9.10. The molecule has 0 radical (unpaired) electrons. The smallest absolute Gasteiger partial charge is 0.143 e. The number of aryl methyl sites for hydroxylation is 1. The van der Waals surface area contributed by atoms with Crippen LogP contribution in [0, 0.1) is 0 Å². The molecule has 14 heavy (non-hydrogen) atoms. The Labute approximate surface area is 92.6 Å². The summed E-state index contributed by atoms with van der Waals surface area (Å²) in [5, 5.41) is 0. The average molecular weight is 253 g/mol.